The molecule has 37 heavy (non-hydrogen) atoms. The molecule has 0 aliphatic carbocycles. The number of alkyl halides is 3. The van der Waals surface area contributed by atoms with Gasteiger partial charge in [0.25, 0.3) is 5.91 Å². The number of carbonyl (C=O) groups excluding carboxylic acids is 2. The van der Waals surface area contributed by atoms with E-state index in [-0.39, 0.29) is 27.3 Å². The van der Waals surface area contributed by atoms with E-state index in [0.29, 0.717) is 16.3 Å². The first-order chi connectivity index (χ1) is 17.6. The van der Waals surface area contributed by atoms with Crippen molar-refractivity contribution in [3.63, 3.8) is 0 Å². The SMILES string of the molecule is O=C(CSC1=NC(=Cc2cccc(Cl)c2Cl)C(=O)N1c1ccccc1)Nc1ccccc1OC(F)(F)F. The summed E-state index contributed by atoms with van der Waals surface area (Å²) in [6.45, 7) is 0. The molecule has 1 heterocycles. The fraction of sp³-hybridized carbons (Fsp3) is 0.0800. The maximum Gasteiger partial charge on any atom is 0.573 e. The number of anilines is 2. The van der Waals surface area contributed by atoms with Crippen molar-refractivity contribution in [1.29, 1.82) is 0 Å². The maximum atomic E-state index is 13.3. The van der Waals surface area contributed by atoms with E-state index in [2.05, 4.69) is 15.0 Å². The number of aliphatic imine (C=N–C) groups is 1. The molecule has 6 nitrogen and oxygen atoms in total. The standard InChI is InChI=1S/C25H16Cl2F3N3O3S/c26-17-10-6-7-15(22(17)27)13-19-23(35)33(16-8-2-1-3-9-16)24(32-19)37-14-21(34)31-18-11-4-5-12-20(18)36-25(28,29)30/h1-13H,14H2,(H,31,34). The summed E-state index contributed by atoms with van der Waals surface area (Å²) in [4.78, 5) is 31.6. The van der Waals surface area contributed by atoms with E-state index in [1.165, 1.54) is 29.2 Å². The number of thioether (sulfide) groups is 1. The van der Waals surface area contributed by atoms with Crippen LogP contribution in [0.25, 0.3) is 6.08 Å². The Morgan fingerprint density at radius 2 is 1.73 bits per heavy atom. The van der Waals surface area contributed by atoms with Crippen molar-refractivity contribution < 1.29 is 27.5 Å². The van der Waals surface area contributed by atoms with Gasteiger partial charge in [0.1, 0.15) is 5.70 Å². The number of rotatable bonds is 6. The van der Waals surface area contributed by atoms with E-state index in [9.17, 15) is 22.8 Å². The van der Waals surface area contributed by atoms with Crippen molar-refractivity contribution in [2.24, 2.45) is 4.99 Å². The zero-order valence-electron chi connectivity index (χ0n) is 18.6. The molecule has 0 saturated heterocycles. The zero-order valence-corrected chi connectivity index (χ0v) is 21.0. The van der Waals surface area contributed by atoms with Gasteiger partial charge in [0.05, 0.1) is 27.2 Å². The zero-order chi connectivity index (χ0) is 26.6. The van der Waals surface area contributed by atoms with Gasteiger partial charge in [0.15, 0.2) is 10.9 Å². The number of ether oxygens (including phenoxy) is 1. The molecule has 3 aromatic carbocycles. The van der Waals surface area contributed by atoms with Crippen LogP contribution in [0.15, 0.2) is 83.5 Å². The third kappa shape index (κ3) is 6.65. The number of hydrogen-bond acceptors (Lipinski definition) is 5. The number of para-hydroxylation sites is 3. The number of amides is 2. The predicted molar refractivity (Wildman–Crippen MR) is 140 cm³/mol. The van der Waals surface area contributed by atoms with E-state index in [4.69, 9.17) is 23.2 Å². The highest BCUT2D eigenvalue weighted by Crippen LogP contribution is 2.33. The second kappa shape index (κ2) is 11.3. The van der Waals surface area contributed by atoms with Gasteiger partial charge in [-0.05, 0) is 42.0 Å². The molecule has 12 heteroatoms. The lowest BCUT2D eigenvalue weighted by atomic mass is 10.2. The predicted octanol–water partition coefficient (Wildman–Crippen LogP) is 7.01. The summed E-state index contributed by atoms with van der Waals surface area (Å²) in [6, 6.07) is 18.8. The Labute approximate surface area is 223 Å². The minimum atomic E-state index is -4.92. The minimum Gasteiger partial charge on any atom is -0.404 e. The van der Waals surface area contributed by atoms with Crippen LogP contribution in [0.3, 0.4) is 0 Å². The van der Waals surface area contributed by atoms with Gasteiger partial charge in [0, 0.05) is 0 Å². The van der Waals surface area contributed by atoms with E-state index in [1.54, 1.807) is 48.5 Å². The molecule has 0 unspecified atom stereocenters. The summed E-state index contributed by atoms with van der Waals surface area (Å²) >= 11 is 13.3. The molecular formula is C25H16Cl2F3N3O3S. The van der Waals surface area contributed by atoms with Crippen LogP contribution in [-0.2, 0) is 9.59 Å². The minimum absolute atomic E-state index is 0.0693. The molecule has 3 aromatic rings. The quantitative estimate of drug-likeness (QED) is 0.326. The number of benzene rings is 3. The summed E-state index contributed by atoms with van der Waals surface area (Å²) in [5.41, 5.74) is 0.925. The number of carbonyl (C=O) groups is 2. The molecule has 0 radical (unpaired) electrons. The Balaban J connectivity index is 1.56. The Morgan fingerprint density at radius 1 is 1.03 bits per heavy atom. The summed E-state index contributed by atoms with van der Waals surface area (Å²) in [7, 11) is 0. The van der Waals surface area contributed by atoms with Crippen molar-refractivity contribution in [3.8, 4) is 5.75 Å². The van der Waals surface area contributed by atoms with Gasteiger partial charge in [-0.25, -0.2) is 4.99 Å². The molecule has 2 amide bonds. The molecule has 0 saturated carbocycles. The molecule has 190 valence electrons. The van der Waals surface area contributed by atoms with Crippen LogP contribution in [0.5, 0.6) is 5.75 Å². The number of halogens is 5. The van der Waals surface area contributed by atoms with E-state index in [0.717, 1.165) is 17.8 Å². The van der Waals surface area contributed by atoms with Crippen molar-refractivity contribution in [2.75, 3.05) is 16.0 Å². The van der Waals surface area contributed by atoms with E-state index < -0.39 is 23.9 Å². The largest absolute Gasteiger partial charge is 0.573 e. The van der Waals surface area contributed by atoms with Crippen LogP contribution in [-0.4, -0.2) is 29.1 Å². The van der Waals surface area contributed by atoms with Crippen LogP contribution < -0.4 is 15.0 Å². The average Bonchev–Trinajstić information content (AvgIpc) is 3.16. The van der Waals surface area contributed by atoms with Crippen LogP contribution >= 0.6 is 35.0 Å². The number of nitrogens with one attached hydrogen (secondary N) is 1. The number of nitrogens with zero attached hydrogens (tertiary/aromatic N) is 2. The second-order valence-corrected chi connectivity index (χ2v) is 9.15. The Bertz CT molecular complexity index is 1400. The van der Waals surface area contributed by atoms with Gasteiger partial charge in [0.2, 0.25) is 5.91 Å². The first-order valence-electron chi connectivity index (χ1n) is 10.5. The molecular weight excluding hydrogens is 550 g/mol. The topological polar surface area (TPSA) is 71.0 Å². The average molecular weight is 566 g/mol. The van der Waals surface area contributed by atoms with E-state index >= 15 is 0 Å². The first-order valence-corrected chi connectivity index (χ1v) is 12.3. The summed E-state index contributed by atoms with van der Waals surface area (Å²) in [5.74, 6) is -1.87. The lowest BCUT2D eigenvalue weighted by Gasteiger charge is -2.18. The monoisotopic (exact) mass is 565 g/mol. The molecule has 0 aromatic heterocycles. The van der Waals surface area contributed by atoms with Crippen molar-refractivity contribution in [1.82, 2.24) is 0 Å². The highest BCUT2D eigenvalue weighted by atomic mass is 35.5. The first kappa shape index (κ1) is 26.6. The van der Waals surface area contributed by atoms with Gasteiger partial charge in [-0.2, -0.15) is 0 Å². The molecule has 0 spiro atoms. The van der Waals surface area contributed by atoms with Gasteiger partial charge >= 0.3 is 6.36 Å². The fourth-order valence-corrected chi connectivity index (χ4v) is 4.45. The molecule has 4 rings (SSSR count). The molecule has 0 bridgehead atoms. The summed E-state index contributed by atoms with van der Waals surface area (Å²) < 4.78 is 42.0. The van der Waals surface area contributed by atoms with Gasteiger partial charge in [-0.3, -0.25) is 14.5 Å². The van der Waals surface area contributed by atoms with E-state index in [1.807, 2.05) is 0 Å². The smallest absolute Gasteiger partial charge is 0.404 e. The van der Waals surface area contributed by atoms with Crippen molar-refractivity contribution >= 4 is 69.4 Å². The van der Waals surface area contributed by atoms with Crippen LogP contribution in [0.1, 0.15) is 5.56 Å². The third-order valence-corrected chi connectivity index (χ3v) is 6.61. The highest BCUT2D eigenvalue weighted by Gasteiger charge is 2.34. The van der Waals surface area contributed by atoms with Gasteiger partial charge in [-0.1, -0.05) is 77.4 Å². The normalized spacial score (nSPS) is 14.6. The van der Waals surface area contributed by atoms with Crippen LogP contribution in [0.2, 0.25) is 10.0 Å². The maximum absolute atomic E-state index is 13.3. The molecule has 0 atom stereocenters. The molecule has 0 fully saturated rings. The van der Waals surface area contributed by atoms with Crippen LogP contribution in [0, 0.1) is 0 Å². The van der Waals surface area contributed by atoms with Crippen molar-refractivity contribution in [3.05, 3.63) is 94.1 Å². The Morgan fingerprint density at radius 3 is 2.46 bits per heavy atom. The fourth-order valence-electron chi connectivity index (χ4n) is 3.28. The van der Waals surface area contributed by atoms with Gasteiger partial charge < -0.3 is 10.1 Å². The molecule has 1 aliphatic heterocycles. The lowest BCUT2D eigenvalue weighted by Crippen LogP contribution is -2.31. The lowest BCUT2D eigenvalue weighted by molar-refractivity contribution is -0.274. The second-order valence-electron chi connectivity index (χ2n) is 7.42. The molecule has 1 aliphatic rings. The highest BCUT2D eigenvalue weighted by molar-refractivity contribution is 8.14. The number of amidine groups is 1. The van der Waals surface area contributed by atoms with Crippen molar-refractivity contribution in [2.45, 2.75) is 6.36 Å². The summed E-state index contributed by atoms with van der Waals surface area (Å²) in [6.07, 6.45) is -3.43. The Hall–Kier alpha value is -3.47. The molecule has 1 N–H and O–H groups in total. The third-order valence-electron chi connectivity index (χ3n) is 4.84. The van der Waals surface area contributed by atoms with Gasteiger partial charge in [-0.15, -0.1) is 13.2 Å². The number of hydrogen-bond donors (Lipinski definition) is 1. The Kier molecular flexibility index (Phi) is 8.11. The van der Waals surface area contributed by atoms with Crippen LogP contribution in [0.4, 0.5) is 24.5 Å². The summed E-state index contributed by atoms with van der Waals surface area (Å²) in [5, 5.41) is 3.17.